The molecule has 1 aromatic heterocycles. The SMILES string of the molecule is Cc1nsc(SCCCCC#N)n1. The molecule has 0 aliphatic carbocycles. The Balaban J connectivity index is 2.10. The van der Waals surface area contributed by atoms with E-state index >= 15 is 0 Å². The molecule has 0 atom stereocenters. The molecule has 0 saturated carbocycles. The smallest absolute Gasteiger partial charge is 0.170 e. The van der Waals surface area contributed by atoms with Crippen LogP contribution >= 0.6 is 23.3 Å². The topological polar surface area (TPSA) is 49.6 Å². The molecule has 70 valence electrons. The van der Waals surface area contributed by atoms with Gasteiger partial charge in [0.1, 0.15) is 5.82 Å². The highest BCUT2D eigenvalue weighted by Crippen LogP contribution is 2.20. The first kappa shape index (κ1) is 10.5. The molecule has 1 heterocycles. The molecule has 0 fully saturated rings. The van der Waals surface area contributed by atoms with E-state index in [1.54, 1.807) is 11.8 Å². The predicted molar refractivity (Wildman–Crippen MR) is 54.8 cm³/mol. The average molecular weight is 213 g/mol. The normalized spacial score (nSPS) is 9.85. The first-order chi connectivity index (χ1) is 6.33. The molecular formula is C8H11N3S2. The van der Waals surface area contributed by atoms with Crippen LogP contribution in [0.2, 0.25) is 0 Å². The van der Waals surface area contributed by atoms with Gasteiger partial charge >= 0.3 is 0 Å². The van der Waals surface area contributed by atoms with Gasteiger partial charge in [0.05, 0.1) is 6.07 Å². The monoisotopic (exact) mass is 213 g/mol. The summed E-state index contributed by atoms with van der Waals surface area (Å²) in [5.74, 6) is 1.89. The lowest BCUT2D eigenvalue weighted by molar-refractivity contribution is 0.830. The lowest BCUT2D eigenvalue weighted by atomic mass is 10.3. The van der Waals surface area contributed by atoms with Crippen molar-refractivity contribution < 1.29 is 0 Å². The molecule has 0 spiro atoms. The maximum atomic E-state index is 8.31. The predicted octanol–water partition coefficient (Wildman–Crippen LogP) is 2.63. The molecule has 13 heavy (non-hydrogen) atoms. The third kappa shape index (κ3) is 4.25. The van der Waals surface area contributed by atoms with Crippen molar-refractivity contribution in [3.8, 4) is 6.07 Å². The van der Waals surface area contributed by atoms with E-state index in [9.17, 15) is 0 Å². The van der Waals surface area contributed by atoms with Gasteiger partial charge in [0, 0.05) is 12.2 Å². The second-order valence-corrected chi connectivity index (χ2v) is 4.67. The van der Waals surface area contributed by atoms with Gasteiger partial charge in [-0.3, -0.25) is 0 Å². The van der Waals surface area contributed by atoms with Gasteiger partial charge in [0.2, 0.25) is 0 Å². The van der Waals surface area contributed by atoms with Crippen molar-refractivity contribution in [1.82, 2.24) is 9.36 Å². The molecule has 5 heteroatoms. The van der Waals surface area contributed by atoms with Crippen molar-refractivity contribution in [2.75, 3.05) is 5.75 Å². The standard InChI is InChI=1S/C8H11N3S2/c1-7-10-8(13-11-7)12-6-4-2-3-5-9/h2-4,6H2,1H3. The van der Waals surface area contributed by atoms with E-state index in [4.69, 9.17) is 5.26 Å². The molecular weight excluding hydrogens is 202 g/mol. The van der Waals surface area contributed by atoms with E-state index in [1.165, 1.54) is 11.5 Å². The van der Waals surface area contributed by atoms with E-state index in [0.29, 0.717) is 6.42 Å². The number of nitriles is 1. The van der Waals surface area contributed by atoms with Crippen LogP contribution in [-0.4, -0.2) is 15.1 Å². The Hall–Kier alpha value is -0.600. The number of hydrogen-bond acceptors (Lipinski definition) is 5. The molecule has 0 amide bonds. The van der Waals surface area contributed by atoms with Gasteiger partial charge in [-0.2, -0.15) is 9.64 Å². The zero-order valence-electron chi connectivity index (χ0n) is 7.49. The summed E-state index contributed by atoms with van der Waals surface area (Å²) < 4.78 is 5.13. The third-order valence-corrected chi connectivity index (χ3v) is 3.43. The Morgan fingerprint density at radius 3 is 3.00 bits per heavy atom. The Labute approximate surface area is 86.4 Å². The van der Waals surface area contributed by atoms with Crippen LogP contribution in [0.15, 0.2) is 4.34 Å². The molecule has 3 nitrogen and oxygen atoms in total. The molecule has 0 radical (unpaired) electrons. The maximum Gasteiger partial charge on any atom is 0.170 e. The lowest BCUT2D eigenvalue weighted by Gasteiger charge is -1.93. The fourth-order valence-electron chi connectivity index (χ4n) is 0.802. The minimum Gasteiger partial charge on any atom is -0.213 e. The lowest BCUT2D eigenvalue weighted by Crippen LogP contribution is -1.80. The van der Waals surface area contributed by atoms with Gasteiger partial charge in [-0.05, 0) is 31.3 Å². The van der Waals surface area contributed by atoms with Gasteiger partial charge in [0.15, 0.2) is 4.34 Å². The number of aromatic nitrogens is 2. The first-order valence-electron chi connectivity index (χ1n) is 4.13. The van der Waals surface area contributed by atoms with E-state index in [-0.39, 0.29) is 0 Å². The van der Waals surface area contributed by atoms with Crippen LogP contribution in [-0.2, 0) is 0 Å². The largest absolute Gasteiger partial charge is 0.213 e. The highest BCUT2D eigenvalue weighted by molar-refractivity contribution is 8.00. The average Bonchev–Trinajstić information content (AvgIpc) is 2.51. The summed E-state index contributed by atoms with van der Waals surface area (Å²) in [6.07, 6.45) is 2.73. The Morgan fingerprint density at radius 2 is 2.38 bits per heavy atom. The number of thioether (sulfide) groups is 1. The summed E-state index contributed by atoms with van der Waals surface area (Å²) in [5, 5.41) is 8.31. The van der Waals surface area contributed by atoms with Gasteiger partial charge in [-0.15, -0.1) is 0 Å². The fraction of sp³-hybridized carbons (Fsp3) is 0.625. The van der Waals surface area contributed by atoms with E-state index in [0.717, 1.165) is 28.8 Å². The quantitative estimate of drug-likeness (QED) is 0.557. The Bertz CT molecular complexity index is 290. The fourth-order valence-corrected chi connectivity index (χ4v) is 2.52. The van der Waals surface area contributed by atoms with Crippen molar-refractivity contribution in [3.63, 3.8) is 0 Å². The summed E-state index contributed by atoms with van der Waals surface area (Å²) in [4.78, 5) is 4.23. The second-order valence-electron chi connectivity index (χ2n) is 2.57. The van der Waals surface area contributed by atoms with Crippen LogP contribution in [0, 0.1) is 18.3 Å². The van der Waals surface area contributed by atoms with Crippen molar-refractivity contribution in [1.29, 1.82) is 5.26 Å². The van der Waals surface area contributed by atoms with Crippen molar-refractivity contribution >= 4 is 23.3 Å². The minimum absolute atomic E-state index is 0.662. The van der Waals surface area contributed by atoms with Crippen LogP contribution in [0.4, 0.5) is 0 Å². The zero-order valence-corrected chi connectivity index (χ0v) is 9.12. The minimum atomic E-state index is 0.662. The number of nitrogens with zero attached hydrogens (tertiary/aromatic N) is 3. The summed E-state index contributed by atoms with van der Waals surface area (Å²) in [7, 11) is 0. The summed E-state index contributed by atoms with van der Waals surface area (Å²) in [6.45, 7) is 1.90. The molecule has 1 rings (SSSR count). The van der Waals surface area contributed by atoms with Gasteiger partial charge < -0.3 is 0 Å². The Morgan fingerprint density at radius 1 is 1.54 bits per heavy atom. The third-order valence-electron chi connectivity index (χ3n) is 1.42. The molecule has 0 aliphatic heterocycles. The van der Waals surface area contributed by atoms with E-state index in [1.807, 2.05) is 6.92 Å². The number of unbranched alkanes of at least 4 members (excludes halogenated alkanes) is 2. The number of hydrogen-bond donors (Lipinski definition) is 0. The van der Waals surface area contributed by atoms with E-state index < -0.39 is 0 Å². The zero-order chi connectivity index (χ0) is 9.52. The van der Waals surface area contributed by atoms with Gasteiger partial charge in [-0.1, -0.05) is 11.8 Å². The van der Waals surface area contributed by atoms with Crippen LogP contribution < -0.4 is 0 Å². The maximum absolute atomic E-state index is 8.31. The number of aryl methyl sites for hydroxylation is 1. The Kier molecular flexibility index (Phi) is 4.79. The van der Waals surface area contributed by atoms with Gasteiger partial charge in [0.25, 0.3) is 0 Å². The molecule has 0 saturated heterocycles. The molecule has 0 aliphatic rings. The molecule has 0 unspecified atom stereocenters. The highest BCUT2D eigenvalue weighted by Gasteiger charge is 1.99. The molecule has 0 aromatic carbocycles. The highest BCUT2D eigenvalue weighted by atomic mass is 32.2. The first-order valence-corrected chi connectivity index (χ1v) is 5.89. The van der Waals surface area contributed by atoms with Crippen LogP contribution in [0.1, 0.15) is 25.1 Å². The van der Waals surface area contributed by atoms with Crippen molar-refractivity contribution in [3.05, 3.63) is 5.82 Å². The molecule has 0 bridgehead atoms. The van der Waals surface area contributed by atoms with E-state index in [2.05, 4.69) is 15.4 Å². The van der Waals surface area contributed by atoms with Crippen molar-refractivity contribution in [2.45, 2.75) is 30.5 Å². The van der Waals surface area contributed by atoms with Crippen LogP contribution in [0.5, 0.6) is 0 Å². The summed E-state index contributed by atoms with van der Waals surface area (Å²) in [6, 6.07) is 2.14. The van der Waals surface area contributed by atoms with Crippen molar-refractivity contribution in [2.24, 2.45) is 0 Å². The molecule has 1 aromatic rings. The van der Waals surface area contributed by atoms with Gasteiger partial charge in [-0.25, -0.2) is 4.98 Å². The van der Waals surface area contributed by atoms with Crippen LogP contribution in [0.3, 0.4) is 0 Å². The summed E-state index contributed by atoms with van der Waals surface area (Å²) in [5.41, 5.74) is 0. The van der Waals surface area contributed by atoms with Crippen LogP contribution in [0.25, 0.3) is 0 Å². The second kappa shape index (κ2) is 5.95. The molecule has 0 N–H and O–H groups in total. The number of rotatable bonds is 5. The summed E-state index contributed by atoms with van der Waals surface area (Å²) >= 11 is 3.18.